The molecule has 2 aromatic rings. The highest BCUT2D eigenvalue weighted by molar-refractivity contribution is 6.03. The van der Waals surface area contributed by atoms with E-state index in [1.54, 1.807) is 11.9 Å². The van der Waals surface area contributed by atoms with Crippen LogP contribution in [0.15, 0.2) is 36.5 Å². The van der Waals surface area contributed by atoms with E-state index in [9.17, 15) is 14.7 Å². The molecule has 1 aliphatic rings. The number of rotatable bonds is 3. The Hall–Kier alpha value is -2.63. The third-order valence-corrected chi connectivity index (χ3v) is 4.21. The van der Waals surface area contributed by atoms with Crippen LogP contribution >= 0.6 is 0 Å². The van der Waals surface area contributed by atoms with Crippen LogP contribution in [-0.4, -0.2) is 38.2 Å². The zero-order chi connectivity index (χ0) is 16.4. The van der Waals surface area contributed by atoms with E-state index < -0.39 is 5.97 Å². The van der Waals surface area contributed by atoms with Gasteiger partial charge in [-0.1, -0.05) is 30.3 Å². The fraction of sp³-hybridized carbons (Fsp3) is 0.353. The molecule has 1 aromatic carbocycles. The molecule has 3 rings (SSSR count). The molecule has 1 saturated heterocycles. The first-order valence-electron chi connectivity index (χ1n) is 7.71. The summed E-state index contributed by atoms with van der Waals surface area (Å²) in [5.41, 5.74) is 1.05. The lowest BCUT2D eigenvalue weighted by Crippen LogP contribution is -2.39. The van der Waals surface area contributed by atoms with Gasteiger partial charge in [0.2, 0.25) is 0 Å². The van der Waals surface area contributed by atoms with Gasteiger partial charge in [0.1, 0.15) is 5.56 Å². The van der Waals surface area contributed by atoms with Gasteiger partial charge in [0.25, 0.3) is 5.91 Å². The molecule has 0 aliphatic carbocycles. The minimum Gasteiger partial charge on any atom is -0.478 e. The second-order valence-electron chi connectivity index (χ2n) is 5.79. The fourth-order valence-electron chi connectivity index (χ4n) is 3.14. The Morgan fingerprint density at radius 3 is 2.65 bits per heavy atom. The Labute approximate surface area is 134 Å². The molecule has 1 atom stereocenters. The average molecular weight is 313 g/mol. The summed E-state index contributed by atoms with van der Waals surface area (Å²) >= 11 is 0. The minimum absolute atomic E-state index is 0.0165. The summed E-state index contributed by atoms with van der Waals surface area (Å²) in [6.45, 7) is 0.619. The van der Waals surface area contributed by atoms with Gasteiger partial charge in [0.15, 0.2) is 5.69 Å². The summed E-state index contributed by atoms with van der Waals surface area (Å²) in [6.07, 6.45) is 4.23. The Morgan fingerprint density at radius 2 is 1.96 bits per heavy atom. The van der Waals surface area contributed by atoms with E-state index >= 15 is 0 Å². The predicted octanol–water partition coefficient (Wildman–Crippen LogP) is 2.49. The number of carboxylic acid groups (broad SMARTS) is 1. The van der Waals surface area contributed by atoms with Crippen LogP contribution in [0.3, 0.4) is 0 Å². The van der Waals surface area contributed by atoms with Gasteiger partial charge < -0.3 is 10.0 Å². The van der Waals surface area contributed by atoms with E-state index in [2.05, 4.69) is 5.10 Å². The molecule has 0 unspecified atom stereocenters. The summed E-state index contributed by atoms with van der Waals surface area (Å²) < 4.78 is 1.37. The highest BCUT2D eigenvalue weighted by Crippen LogP contribution is 2.32. The quantitative estimate of drug-likeness (QED) is 0.944. The molecule has 6 heteroatoms. The number of hydrogen-bond donors (Lipinski definition) is 1. The van der Waals surface area contributed by atoms with Crippen molar-refractivity contribution in [2.45, 2.75) is 25.3 Å². The zero-order valence-electron chi connectivity index (χ0n) is 13.0. The summed E-state index contributed by atoms with van der Waals surface area (Å²) in [7, 11) is 1.62. The summed E-state index contributed by atoms with van der Waals surface area (Å²) in [6, 6.07) is 9.84. The monoisotopic (exact) mass is 313 g/mol. The molecule has 1 fully saturated rings. The standard InChI is InChI=1S/C17H19N3O3/c1-19-11-13(17(22)23)15(18-19)16(21)20-10-6-5-9-14(20)12-7-3-2-4-8-12/h2-4,7-8,11,14H,5-6,9-10H2,1H3,(H,22,23)/t14-/m0/s1. The highest BCUT2D eigenvalue weighted by atomic mass is 16.4. The van der Waals surface area contributed by atoms with Gasteiger partial charge >= 0.3 is 5.97 Å². The minimum atomic E-state index is -1.13. The van der Waals surface area contributed by atoms with Crippen LogP contribution in [0, 0.1) is 0 Å². The summed E-state index contributed by atoms with van der Waals surface area (Å²) in [5.74, 6) is -1.44. The van der Waals surface area contributed by atoms with Crippen molar-refractivity contribution in [2.75, 3.05) is 6.54 Å². The van der Waals surface area contributed by atoms with Crippen LogP contribution < -0.4 is 0 Å². The van der Waals surface area contributed by atoms with Gasteiger partial charge in [-0.05, 0) is 24.8 Å². The second kappa shape index (κ2) is 6.24. The molecular weight excluding hydrogens is 294 g/mol. The lowest BCUT2D eigenvalue weighted by Gasteiger charge is -2.35. The molecule has 0 radical (unpaired) electrons. The van der Waals surface area contributed by atoms with Gasteiger partial charge in [-0.2, -0.15) is 5.10 Å². The Bertz CT molecular complexity index is 724. The van der Waals surface area contributed by atoms with Gasteiger partial charge in [0.05, 0.1) is 6.04 Å². The molecule has 1 N–H and O–H groups in total. The normalized spacial score (nSPS) is 18.0. The maximum atomic E-state index is 12.9. The van der Waals surface area contributed by atoms with Crippen LogP contribution in [0.25, 0.3) is 0 Å². The lowest BCUT2D eigenvalue weighted by atomic mass is 9.94. The number of piperidine rings is 1. The zero-order valence-corrected chi connectivity index (χ0v) is 13.0. The summed E-state index contributed by atoms with van der Waals surface area (Å²) in [4.78, 5) is 26.0. The maximum absolute atomic E-state index is 12.9. The average Bonchev–Trinajstić information content (AvgIpc) is 2.97. The van der Waals surface area contributed by atoms with E-state index in [1.165, 1.54) is 10.9 Å². The molecule has 1 aliphatic heterocycles. The Morgan fingerprint density at radius 1 is 1.22 bits per heavy atom. The molecule has 2 heterocycles. The van der Waals surface area contributed by atoms with Crippen molar-refractivity contribution < 1.29 is 14.7 Å². The summed E-state index contributed by atoms with van der Waals surface area (Å²) in [5, 5.41) is 13.4. The topological polar surface area (TPSA) is 75.4 Å². The van der Waals surface area contributed by atoms with Crippen LogP contribution in [0.4, 0.5) is 0 Å². The van der Waals surface area contributed by atoms with E-state index in [4.69, 9.17) is 0 Å². The number of aromatic nitrogens is 2. The third-order valence-electron chi connectivity index (χ3n) is 4.21. The lowest BCUT2D eigenvalue weighted by molar-refractivity contribution is 0.0588. The van der Waals surface area contributed by atoms with E-state index in [-0.39, 0.29) is 23.2 Å². The number of amides is 1. The molecule has 0 saturated carbocycles. The molecule has 6 nitrogen and oxygen atoms in total. The van der Waals surface area contributed by atoms with Crippen LogP contribution in [0.2, 0.25) is 0 Å². The molecular formula is C17H19N3O3. The van der Waals surface area contributed by atoms with E-state index in [0.717, 1.165) is 24.8 Å². The third kappa shape index (κ3) is 2.97. The first-order chi connectivity index (χ1) is 11.1. The van der Waals surface area contributed by atoms with Crippen LogP contribution in [-0.2, 0) is 7.05 Å². The number of carbonyl (C=O) groups excluding carboxylic acids is 1. The van der Waals surface area contributed by atoms with Gasteiger partial charge in [-0.3, -0.25) is 9.48 Å². The van der Waals surface area contributed by atoms with Crippen molar-refractivity contribution in [2.24, 2.45) is 7.05 Å². The number of aryl methyl sites for hydroxylation is 1. The van der Waals surface area contributed by atoms with Crippen molar-refractivity contribution in [1.29, 1.82) is 0 Å². The number of hydrogen-bond acceptors (Lipinski definition) is 3. The first-order valence-corrected chi connectivity index (χ1v) is 7.71. The van der Waals surface area contributed by atoms with E-state index in [1.807, 2.05) is 30.3 Å². The fourth-order valence-corrected chi connectivity index (χ4v) is 3.14. The Balaban J connectivity index is 1.95. The Kier molecular flexibility index (Phi) is 4.14. The number of aromatic carboxylic acids is 1. The number of likely N-dealkylation sites (tertiary alicyclic amines) is 1. The molecule has 1 aromatic heterocycles. The number of nitrogens with zero attached hydrogens (tertiary/aromatic N) is 3. The van der Waals surface area contributed by atoms with Gasteiger partial charge in [-0.25, -0.2) is 4.79 Å². The molecule has 1 amide bonds. The van der Waals surface area contributed by atoms with E-state index in [0.29, 0.717) is 6.54 Å². The number of benzene rings is 1. The molecule has 120 valence electrons. The first kappa shape index (κ1) is 15.3. The number of carboxylic acids is 1. The largest absolute Gasteiger partial charge is 0.478 e. The smallest absolute Gasteiger partial charge is 0.339 e. The highest BCUT2D eigenvalue weighted by Gasteiger charge is 2.32. The second-order valence-corrected chi connectivity index (χ2v) is 5.79. The predicted molar refractivity (Wildman–Crippen MR) is 84.2 cm³/mol. The van der Waals surface area contributed by atoms with Crippen molar-refractivity contribution >= 4 is 11.9 Å². The van der Waals surface area contributed by atoms with Crippen molar-refractivity contribution in [3.63, 3.8) is 0 Å². The van der Waals surface area contributed by atoms with Crippen LogP contribution in [0.5, 0.6) is 0 Å². The molecule has 0 spiro atoms. The van der Waals surface area contributed by atoms with Crippen molar-refractivity contribution in [3.8, 4) is 0 Å². The van der Waals surface area contributed by atoms with Gasteiger partial charge in [-0.15, -0.1) is 0 Å². The molecule has 0 bridgehead atoms. The van der Waals surface area contributed by atoms with Crippen molar-refractivity contribution in [1.82, 2.24) is 14.7 Å². The SMILES string of the molecule is Cn1cc(C(=O)O)c(C(=O)N2CCCC[C@H]2c2ccccc2)n1. The van der Waals surface area contributed by atoms with Gasteiger partial charge in [0, 0.05) is 19.8 Å². The van der Waals surface area contributed by atoms with Crippen LogP contribution in [0.1, 0.15) is 51.7 Å². The number of carbonyl (C=O) groups is 2. The van der Waals surface area contributed by atoms with Crippen molar-refractivity contribution in [3.05, 3.63) is 53.3 Å². The molecule has 23 heavy (non-hydrogen) atoms. The maximum Gasteiger partial charge on any atom is 0.339 e.